The zero-order valence-electron chi connectivity index (χ0n) is 9.28. The third kappa shape index (κ3) is 3.49. The SMILES string of the molecule is Cc1[nH]c(=S)sc1CC(=O)NCc1cccs1. The van der Waals surface area contributed by atoms with Gasteiger partial charge in [0.25, 0.3) is 0 Å². The molecule has 0 unspecified atom stereocenters. The Labute approximate surface area is 113 Å². The first-order chi connectivity index (χ1) is 8.15. The van der Waals surface area contributed by atoms with Gasteiger partial charge < -0.3 is 10.3 Å². The van der Waals surface area contributed by atoms with Gasteiger partial charge in [-0.25, -0.2) is 0 Å². The zero-order chi connectivity index (χ0) is 12.3. The van der Waals surface area contributed by atoms with E-state index in [-0.39, 0.29) is 5.91 Å². The summed E-state index contributed by atoms with van der Waals surface area (Å²) in [5, 5.41) is 4.90. The molecule has 2 aromatic heterocycles. The van der Waals surface area contributed by atoms with Crippen LogP contribution in [0.1, 0.15) is 15.4 Å². The van der Waals surface area contributed by atoms with E-state index < -0.39 is 0 Å². The fraction of sp³-hybridized carbons (Fsp3) is 0.273. The second-order valence-corrected chi connectivity index (χ2v) is 6.40. The number of aromatic amines is 1. The van der Waals surface area contributed by atoms with E-state index in [2.05, 4.69) is 10.3 Å². The molecule has 2 N–H and O–H groups in total. The summed E-state index contributed by atoms with van der Waals surface area (Å²) in [5.74, 6) is 0.0340. The van der Waals surface area contributed by atoms with Gasteiger partial charge in [-0.1, -0.05) is 6.07 Å². The topological polar surface area (TPSA) is 44.9 Å². The van der Waals surface area contributed by atoms with Gasteiger partial charge in [-0.05, 0) is 30.6 Å². The highest BCUT2D eigenvalue weighted by molar-refractivity contribution is 7.73. The monoisotopic (exact) mass is 284 g/mol. The summed E-state index contributed by atoms with van der Waals surface area (Å²) in [5.41, 5.74) is 0.992. The predicted molar refractivity (Wildman–Crippen MR) is 74.1 cm³/mol. The molecule has 0 fully saturated rings. The van der Waals surface area contributed by atoms with Gasteiger partial charge in [-0.15, -0.1) is 22.7 Å². The summed E-state index contributed by atoms with van der Waals surface area (Å²) in [4.78, 5) is 16.9. The van der Waals surface area contributed by atoms with Gasteiger partial charge in [0, 0.05) is 15.4 Å². The van der Waals surface area contributed by atoms with E-state index in [4.69, 9.17) is 12.2 Å². The van der Waals surface area contributed by atoms with Crippen molar-refractivity contribution in [2.75, 3.05) is 0 Å². The molecule has 0 bridgehead atoms. The van der Waals surface area contributed by atoms with Crippen LogP contribution in [0.4, 0.5) is 0 Å². The van der Waals surface area contributed by atoms with Crippen LogP contribution < -0.4 is 5.32 Å². The lowest BCUT2D eigenvalue weighted by Crippen LogP contribution is -2.24. The number of H-pyrrole nitrogens is 1. The lowest BCUT2D eigenvalue weighted by atomic mass is 10.3. The van der Waals surface area contributed by atoms with E-state index in [1.807, 2.05) is 24.4 Å². The van der Waals surface area contributed by atoms with Crippen molar-refractivity contribution in [1.82, 2.24) is 10.3 Å². The van der Waals surface area contributed by atoms with Crippen LogP contribution in [0.3, 0.4) is 0 Å². The van der Waals surface area contributed by atoms with Crippen LogP contribution in [0.25, 0.3) is 0 Å². The number of aryl methyl sites for hydroxylation is 1. The molecule has 0 aromatic carbocycles. The first kappa shape index (κ1) is 12.5. The average molecular weight is 284 g/mol. The van der Waals surface area contributed by atoms with Gasteiger partial charge in [0.2, 0.25) is 5.91 Å². The molecule has 0 radical (unpaired) electrons. The number of carbonyl (C=O) groups excluding carboxylic acids is 1. The summed E-state index contributed by atoms with van der Waals surface area (Å²) in [6, 6.07) is 3.99. The summed E-state index contributed by atoms with van der Waals surface area (Å²) in [7, 11) is 0. The Bertz CT molecular complexity index is 554. The van der Waals surface area contributed by atoms with Crippen molar-refractivity contribution in [3.8, 4) is 0 Å². The summed E-state index contributed by atoms with van der Waals surface area (Å²) < 4.78 is 0.726. The van der Waals surface area contributed by atoms with Crippen molar-refractivity contribution >= 4 is 40.8 Å². The summed E-state index contributed by atoms with van der Waals surface area (Å²) >= 11 is 8.15. The fourth-order valence-electron chi connectivity index (χ4n) is 1.41. The highest BCUT2D eigenvalue weighted by atomic mass is 32.1. The molecule has 6 heteroatoms. The zero-order valence-corrected chi connectivity index (χ0v) is 11.7. The van der Waals surface area contributed by atoms with E-state index in [9.17, 15) is 4.79 Å². The molecule has 17 heavy (non-hydrogen) atoms. The van der Waals surface area contributed by atoms with Gasteiger partial charge in [0.1, 0.15) is 0 Å². The van der Waals surface area contributed by atoms with Crippen LogP contribution in [0.15, 0.2) is 17.5 Å². The molecule has 2 heterocycles. The van der Waals surface area contributed by atoms with E-state index in [1.165, 1.54) is 11.3 Å². The smallest absolute Gasteiger partial charge is 0.225 e. The minimum absolute atomic E-state index is 0.0340. The molecule has 3 nitrogen and oxygen atoms in total. The number of hydrogen-bond acceptors (Lipinski definition) is 4. The number of rotatable bonds is 4. The largest absolute Gasteiger partial charge is 0.351 e. The van der Waals surface area contributed by atoms with Gasteiger partial charge in [0.15, 0.2) is 3.95 Å². The molecule has 90 valence electrons. The number of thiophene rings is 1. The molecular formula is C11H12N2OS3. The van der Waals surface area contributed by atoms with Crippen molar-refractivity contribution in [2.24, 2.45) is 0 Å². The molecule has 2 rings (SSSR count). The normalized spacial score (nSPS) is 10.4. The molecule has 0 atom stereocenters. The number of aromatic nitrogens is 1. The van der Waals surface area contributed by atoms with Crippen LogP contribution in [-0.2, 0) is 17.8 Å². The molecular weight excluding hydrogens is 272 g/mol. The maximum atomic E-state index is 11.7. The molecule has 0 saturated heterocycles. The van der Waals surface area contributed by atoms with Gasteiger partial charge >= 0.3 is 0 Å². The van der Waals surface area contributed by atoms with Gasteiger partial charge in [-0.3, -0.25) is 4.79 Å². The number of nitrogens with one attached hydrogen (secondary N) is 2. The van der Waals surface area contributed by atoms with Crippen molar-refractivity contribution in [2.45, 2.75) is 19.9 Å². The van der Waals surface area contributed by atoms with Crippen molar-refractivity contribution in [3.05, 3.63) is 36.9 Å². The first-order valence-corrected chi connectivity index (χ1v) is 7.23. The van der Waals surface area contributed by atoms with Crippen LogP contribution in [-0.4, -0.2) is 10.9 Å². The van der Waals surface area contributed by atoms with Crippen molar-refractivity contribution in [3.63, 3.8) is 0 Å². The average Bonchev–Trinajstić information content (AvgIpc) is 2.87. The van der Waals surface area contributed by atoms with Gasteiger partial charge in [-0.2, -0.15) is 0 Å². The number of thiazole rings is 1. The maximum Gasteiger partial charge on any atom is 0.225 e. The minimum Gasteiger partial charge on any atom is -0.351 e. The Kier molecular flexibility index (Phi) is 4.09. The fourth-order valence-corrected chi connectivity index (χ4v) is 3.35. The second-order valence-electron chi connectivity index (χ2n) is 3.60. The van der Waals surface area contributed by atoms with E-state index in [0.717, 1.165) is 19.4 Å². The summed E-state index contributed by atoms with van der Waals surface area (Å²) in [6.07, 6.45) is 0.398. The minimum atomic E-state index is 0.0340. The second kappa shape index (κ2) is 5.57. The van der Waals surface area contributed by atoms with E-state index in [0.29, 0.717) is 13.0 Å². The first-order valence-electron chi connectivity index (χ1n) is 5.13. The quantitative estimate of drug-likeness (QED) is 0.848. The molecule has 0 saturated carbocycles. The van der Waals surface area contributed by atoms with Gasteiger partial charge in [0.05, 0.1) is 13.0 Å². The van der Waals surface area contributed by atoms with E-state index >= 15 is 0 Å². The Balaban J connectivity index is 1.89. The molecule has 0 aliphatic carbocycles. The standard InChI is InChI=1S/C11H12N2OS3/c1-7-9(17-11(15)13-7)5-10(14)12-6-8-3-2-4-16-8/h2-4H,5-6H2,1H3,(H,12,14)(H,13,15). The molecule has 0 aliphatic heterocycles. The van der Waals surface area contributed by atoms with Crippen LogP contribution in [0, 0.1) is 10.9 Å². The number of carbonyl (C=O) groups is 1. The lowest BCUT2D eigenvalue weighted by molar-refractivity contribution is -0.120. The summed E-state index contributed by atoms with van der Waals surface area (Å²) in [6.45, 7) is 2.54. The Hall–Kier alpha value is -0.980. The molecule has 0 aliphatic rings. The Morgan fingerprint density at radius 3 is 3.00 bits per heavy atom. The molecule has 0 spiro atoms. The van der Waals surface area contributed by atoms with E-state index in [1.54, 1.807) is 11.3 Å². The highest BCUT2D eigenvalue weighted by Gasteiger charge is 2.08. The third-order valence-corrected chi connectivity index (χ3v) is 4.50. The van der Waals surface area contributed by atoms with Crippen molar-refractivity contribution in [1.29, 1.82) is 0 Å². The third-order valence-electron chi connectivity index (χ3n) is 2.28. The molecule has 2 aromatic rings. The molecule has 1 amide bonds. The van der Waals surface area contributed by atoms with Crippen LogP contribution in [0.2, 0.25) is 0 Å². The number of hydrogen-bond donors (Lipinski definition) is 2. The predicted octanol–water partition coefficient (Wildman–Crippen LogP) is 3.03. The highest BCUT2D eigenvalue weighted by Crippen LogP contribution is 2.15. The number of amides is 1. The maximum absolute atomic E-state index is 11.7. The van der Waals surface area contributed by atoms with Crippen molar-refractivity contribution < 1.29 is 4.79 Å². The lowest BCUT2D eigenvalue weighted by Gasteiger charge is -2.02. The Morgan fingerprint density at radius 1 is 1.59 bits per heavy atom. The Morgan fingerprint density at radius 2 is 2.41 bits per heavy atom. The van der Waals surface area contributed by atoms with Crippen LogP contribution >= 0.6 is 34.9 Å². The van der Waals surface area contributed by atoms with Crippen LogP contribution in [0.5, 0.6) is 0 Å².